The van der Waals surface area contributed by atoms with Crippen molar-refractivity contribution in [2.24, 2.45) is 0 Å². The van der Waals surface area contributed by atoms with Gasteiger partial charge in [0.15, 0.2) is 0 Å². The minimum atomic E-state index is 0.557. The normalized spacial score (nSPS) is 10.1. The van der Waals surface area contributed by atoms with Gasteiger partial charge in [-0.15, -0.1) is 0 Å². The average molecular weight is 345 g/mol. The Labute approximate surface area is 133 Å². The molecule has 4 heteroatoms. The standard InChI is InChI=1S/C17H17BrN2O/c18-16-7-8-17(15(11-16)12-19)21-10-4-9-20-13-14-5-2-1-3-6-14/h1-3,5-8,11,20H,4,9-10,13H2. The van der Waals surface area contributed by atoms with Crippen LogP contribution in [0.25, 0.3) is 0 Å². The quantitative estimate of drug-likeness (QED) is 0.775. The molecule has 0 aliphatic heterocycles. The SMILES string of the molecule is N#Cc1cc(Br)ccc1OCCCNCc1ccccc1. The fourth-order valence-electron chi connectivity index (χ4n) is 1.92. The smallest absolute Gasteiger partial charge is 0.137 e. The van der Waals surface area contributed by atoms with Crippen molar-refractivity contribution in [3.8, 4) is 11.8 Å². The van der Waals surface area contributed by atoms with E-state index in [2.05, 4.69) is 39.4 Å². The van der Waals surface area contributed by atoms with Gasteiger partial charge < -0.3 is 10.1 Å². The van der Waals surface area contributed by atoms with Gasteiger partial charge in [-0.05, 0) is 36.7 Å². The van der Waals surface area contributed by atoms with E-state index in [-0.39, 0.29) is 0 Å². The monoisotopic (exact) mass is 344 g/mol. The summed E-state index contributed by atoms with van der Waals surface area (Å²) >= 11 is 3.34. The van der Waals surface area contributed by atoms with Gasteiger partial charge in [0.05, 0.1) is 12.2 Å². The molecule has 0 saturated carbocycles. The van der Waals surface area contributed by atoms with Crippen molar-refractivity contribution in [3.05, 3.63) is 64.1 Å². The molecule has 108 valence electrons. The second-order valence-electron chi connectivity index (χ2n) is 4.62. The summed E-state index contributed by atoms with van der Waals surface area (Å²) in [6.07, 6.45) is 0.897. The van der Waals surface area contributed by atoms with E-state index in [0.717, 1.165) is 24.0 Å². The molecule has 0 aliphatic carbocycles. The second kappa shape index (κ2) is 8.46. The van der Waals surface area contributed by atoms with Crippen LogP contribution in [0.3, 0.4) is 0 Å². The van der Waals surface area contributed by atoms with Crippen molar-refractivity contribution in [1.29, 1.82) is 5.26 Å². The van der Waals surface area contributed by atoms with Crippen LogP contribution in [0.2, 0.25) is 0 Å². The molecule has 2 aromatic rings. The Kier molecular flexibility index (Phi) is 6.26. The predicted octanol–water partition coefficient (Wildman–Crippen LogP) is 3.88. The maximum Gasteiger partial charge on any atom is 0.137 e. The lowest BCUT2D eigenvalue weighted by Crippen LogP contribution is -2.17. The summed E-state index contributed by atoms with van der Waals surface area (Å²) in [5, 5.41) is 12.4. The highest BCUT2D eigenvalue weighted by Crippen LogP contribution is 2.22. The number of benzene rings is 2. The van der Waals surface area contributed by atoms with E-state index in [4.69, 9.17) is 10.00 Å². The zero-order valence-corrected chi connectivity index (χ0v) is 13.3. The molecule has 0 aromatic heterocycles. The molecule has 0 fully saturated rings. The fraction of sp³-hybridized carbons (Fsp3) is 0.235. The van der Waals surface area contributed by atoms with Gasteiger partial charge in [-0.1, -0.05) is 46.3 Å². The van der Waals surface area contributed by atoms with Gasteiger partial charge in [0.1, 0.15) is 11.8 Å². The fourth-order valence-corrected chi connectivity index (χ4v) is 2.28. The molecular formula is C17H17BrN2O. The van der Waals surface area contributed by atoms with Crippen LogP contribution >= 0.6 is 15.9 Å². The Balaban J connectivity index is 1.67. The second-order valence-corrected chi connectivity index (χ2v) is 5.53. The molecule has 0 aliphatic rings. The third-order valence-electron chi connectivity index (χ3n) is 2.99. The summed E-state index contributed by atoms with van der Waals surface area (Å²) in [6.45, 7) is 2.34. The summed E-state index contributed by atoms with van der Waals surface area (Å²) in [7, 11) is 0. The Hall–Kier alpha value is -1.83. The molecular weight excluding hydrogens is 328 g/mol. The third kappa shape index (κ3) is 5.22. The van der Waals surface area contributed by atoms with Gasteiger partial charge >= 0.3 is 0 Å². The van der Waals surface area contributed by atoms with E-state index in [1.807, 2.05) is 30.3 Å². The van der Waals surface area contributed by atoms with Crippen molar-refractivity contribution >= 4 is 15.9 Å². The topological polar surface area (TPSA) is 45.0 Å². The average Bonchev–Trinajstić information content (AvgIpc) is 2.52. The highest BCUT2D eigenvalue weighted by molar-refractivity contribution is 9.10. The lowest BCUT2D eigenvalue weighted by atomic mass is 10.2. The van der Waals surface area contributed by atoms with Crippen LogP contribution in [0.4, 0.5) is 0 Å². The largest absolute Gasteiger partial charge is 0.492 e. The summed E-state index contributed by atoms with van der Waals surface area (Å²) < 4.78 is 6.54. The van der Waals surface area contributed by atoms with E-state index in [9.17, 15) is 0 Å². The van der Waals surface area contributed by atoms with Crippen molar-refractivity contribution < 1.29 is 4.74 Å². The molecule has 3 nitrogen and oxygen atoms in total. The number of rotatable bonds is 7. The Morgan fingerprint density at radius 2 is 1.95 bits per heavy atom. The first-order valence-corrected chi connectivity index (χ1v) is 7.66. The van der Waals surface area contributed by atoms with Gasteiger partial charge in [0.2, 0.25) is 0 Å². The summed E-state index contributed by atoms with van der Waals surface area (Å²) in [5.41, 5.74) is 1.83. The van der Waals surface area contributed by atoms with E-state index in [0.29, 0.717) is 17.9 Å². The van der Waals surface area contributed by atoms with Crippen molar-refractivity contribution in [2.45, 2.75) is 13.0 Å². The van der Waals surface area contributed by atoms with Gasteiger partial charge in [-0.25, -0.2) is 0 Å². The number of nitriles is 1. The summed E-state index contributed by atoms with van der Waals surface area (Å²) in [4.78, 5) is 0. The zero-order chi connectivity index (χ0) is 14.9. The Morgan fingerprint density at radius 1 is 1.14 bits per heavy atom. The lowest BCUT2D eigenvalue weighted by Gasteiger charge is -2.09. The molecule has 0 unspecified atom stereocenters. The lowest BCUT2D eigenvalue weighted by molar-refractivity contribution is 0.307. The van der Waals surface area contributed by atoms with Crippen LogP contribution in [0.5, 0.6) is 5.75 Å². The van der Waals surface area contributed by atoms with Crippen LogP contribution in [-0.4, -0.2) is 13.2 Å². The molecule has 0 amide bonds. The molecule has 0 heterocycles. The van der Waals surface area contributed by atoms with Crippen LogP contribution in [0.15, 0.2) is 53.0 Å². The molecule has 0 radical (unpaired) electrons. The highest BCUT2D eigenvalue weighted by Gasteiger charge is 2.03. The van der Waals surface area contributed by atoms with Gasteiger partial charge in [0, 0.05) is 11.0 Å². The first kappa shape index (κ1) is 15.6. The van der Waals surface area contributed by atoms with E-state index in [1.165, 1.54) is 5.56 Å². The van der Waals surface area contributed by atoms with Crippen molar-refractivity contribution in [3.63, 3.8) is 0 Å². The third-order valence-corrected chi connectivity index (χ3v) is 3.48. The molecule has 0 spiro atoms. The molecule has 2 aromatic carbocycles. The van der Waals surface area contributed by atoms with E-state index in [1.54, 1.807) is 6.07 Å². The number of hydrogen-bond acceptors (Lipinski definition) is 3. The number of ether oxygens (including phenoxy) is 1. The number of hydrogen-bond donors (Lipinski definition) is 1. The molecule has 1 N–H and O–H groups in total. The highest BCUT2D eigenvalue weighted by atomic mass is 79.9. The van der Waals surface area contributed by atoms with E-state index < -0.39 is 0 Å². The molecule has 0 bridgehead atoms. The van der Waals surface area contributed by atoms with Crippen LogP contribution < -0.4 is 10.1 Å². The maximum atomic E-state index is 9.05. The Morgan fingerprint density at radius 3 is 2.71 bits per heavy atom. The van der Waals surface area contributed by atoms with Crippen LogP contribution in [-0.2, 0) is 6.54 Å². The first-order valence-electron chi connectivity index (χ1n) is 6.86. The molecule has 0 atom stereocenters. The number of halogens is 1. The number of nitrogens with zero attached hydrogens (tertiary/aromatic N) is 1. The Bertz CT molecular complexity index is 608. The van der Waals surface area contributed by atoms with Crippen LogP contribution in [0, 0.1) is 11.3 Å². The maximum absolute atomic E-state index is 9.05. The summed E-state index contributed by atoms with van der Waals surface area (Å²) in [5.74, 6) is 0.642. The van der Waals surface area contributed by atoms with E-state index >= 15 is 0 Å². The predicted molar refractivity (Wildman–Crippen MR) is 87.1 cm³/mol. The number of nitrogens with one attached hydrogen (secondary N) is 1. The first-order chi connectivity index (χ1) is 10.3. The minimum Gasteiger partial charge on any atom is -0.492 e. The van der Waals surface area contributed by atoms with Gasteiger partial charge in [-0.2, -0.15) is 5.26 Å². The molecule has 0 saturated heterocycles. The summed E-state index contributed by atoms with van der Waals surface area (Å²) in [6, 6.07) is 17.9. The van der Waals surface area contributed by atoms with Crippen LogP contribution in [0.1, 0.15) is 17.5 Å². The van der Waals surface area contributed by atoms with Crippen molar-refractivity contribution in [2.75, 3.05) is 13.2 Å². The minimum absolute atomic E-state index is 0.557. The van der Waals surface area contributed by atoms with Gasteiger partial charge in [0.25, 0.3) is 0 Å². The molecule has 2 rings (SSSR count). The molecule has 21 heavy (non-hydrogen) atoms. The van der Waals surface area contributed by atoms with Gasteiger partial charge in [-0.3, -0.25) is 0 Å². The zero-order valence-electron chi connectivity index (χ0n) is 11.7. The van der Waals surface area contributed by atoms with Crippen molar-refractivity contribution in [1.82, 2.24) is 5.32 Å².